The smallest absolute Gasteiger partial charge is 0.340 e. The van der Waals surface area contributed by atoms with Crippen molar-refractivity contribution in [2.45, 2.75) is 26.9 Å². The van der Waals surface area contributed by atoms with Crippen LogP contribution in [-0.2, 0) is 22.6 Å². The maximum atomic E-state index is 13.8. The number of piperazine rings is 1. The van der Waals surface area contributed by atoms with Crippen molar-refractivity contribution in [2.24, 2.45) is 0 Å². The first-order chi connectivity index (χ1) is 26.3. The van der Waals surface area contributed by atoms with E-state index in [1.54, 1.807) is 14.2 Å². The molecular weight excluding hydrogens is 816 g/mol. The van der Waals surface area contributed by atoms with Crippen LogP contribution in [0.15, 0.2) is 93.9 Å². The maximum absolute atomic E-state index is 13.8. The Balaban J connectivity index is 1.25. The molecule has 2 aromatic heterocycles. The van der Waals surface area contributed by atoms with Gasteiger partial charge < -0.3 is 28.1 Å². The summed E-state index contributed by atoms with van der Waals surface area (Å²) in [4.78, 5) is 32.3. The summed E-state index contributed by atoms with van der Waals surface area (Å²) in [5.41, 5.74) is 6.46. The normalized spacial score (nSPS) is 13.7. The molecule has 0 atom stereocenters. The fourth-order valence-electron chi connectivity index (χ4n) is 7.43. The summed E-state index contributed by atoms with van der Waals surface area (Å²) in [5, 5.41) is 1.55. The molecule has 280 valence electrons. The lowest BCUT2D eigenvalue weighted by molar-refractivity contribution is 0.0512. The molecule has 7 rings (SSSR count). The lowest BCUT2D eigenvalue weighted by Gasteiger charge is -2.35. The summed E-state index contributed by atoms with van der Waals surface area (Å²) in [6.45, 7) is 8.19. The highest BCUT2D eigenvalue weighted by molar-refractivity contribution is 9.11. The minimum absolute atomic E-state index is 0.264. The fraction of sp³-hybridized carbons (Fsp3) is 0.286. The second-order valence-electron chi connectivity index (χ2n) is 13.0. The average molecular weight is 859 g/mol. The molecule has 1 saturated heterocycles. The van der Waals surface area contributed by atoms with Gasteiger partial charge in [-0.2, -0.15) is 0 Å². The van der Waals surface area contributed by atoms with Crippen molar-refractivity contribution in [3.05, 3.63) is 116 Å². The summed E-state index contributed by atoms with van der Waals surface area (Å²) >= 11 is 7.35. The molecule has 0 bridgehead atoms. The van der Waals surface area contributed by atoms with Crippen LogP contribution in [0.25, 0.3) is 33.2 Å². The van der Waals surface area contributed by atoms with Crippen molar-refractivity contribution in [1.29, 1.82) is 0 Å². The minimum Gasteiger partial charge on any atom is -0.496 e. The van der Waals surface area contributed by atoms with Crippen LogP contribution in [0.4, 0.5) is 0 Å². The van der Waals surface area contributed by atoms with E-state index in [2.05, 4.69) is 75.1 Å². The molecule has 0 unspecified atom stereocenters. The van der Waals surface area contributed by atoms with Gasteiger partial charge in [0.1, 0.15) is 11.5 Å². The number of carbonyl (C=O) groups is 2. The van der Waals surface area contributed by atoms with Crippen LogP contribution in [0.1, 0.15) is 46.0 Å². The molecule has 0 radical (unpaired) electrons. The Bertz CT molecular complexity index is 2150. The van der Waals surface area contributed by atoms with Crippen molar-refractivity contribution >= 4 is 65.6 Å². The van der Waals surface area contributed by atoms with Crippen LogP contribution in [-0.4, -0.2) is 84.5 Å². The largest absolute Gasteiger partial charge is 0.496 e. The standard InChI is InChI=1S/C42H42Br2N4O6/c1-5-53-41(49)39-29-21-37(51-3)31(43)23-33(29)47(27-13-9-7-10-14-27)35(39)25-45-17-19-46(20-18-45)26-36-40(42(50)54-6-2)30-22-38(52-4)32(44)24-34(30)48(36)28-15-11-8-12-16-28/h7-16,21-24H,5-6,17-20,25-26H2,1-4H3. The van der Waals surface area contributed by atoms with Crippen molar-refractivity contribution in [3.8, 4) is 22.9 Å². The number of para-hydroxylation sites is 2. The van der Waals surface area contributed by atoms with Gasteiger partial charge in [-0.15, -0.1) is 0 Å². The minimum atomic E-state index is -0.362. The van der Waals surface area contributed by atoms with Crippen LogP contribution in [0, 0.1) is 0 Å². The van der Waals surface area contributed by atoms with Crippen molar-refractivity contribution in [2.75, 3.05) is 53.6 Å². The third kappa shape index (κ3) is 7.15. The molecule has 0 spiro atoms. The molecule has 3 heterocycles. The van der Waals surface area contributed by atoms with Crippen LogP contribution < -0.4 is 9.47 Å². The molecule has 6 aromatic rings. The van der Waals surface area contributed by atoms with E-state index in [0.29, 0.717) is 35.7 Å². The van der Waals surface area contributed by atoms with Gasteiger partial charge in [0.2, 0.25) is 0 Å². The molecule has 1 fully saturated rings. The SMILES string of the molecule is CCOC(=O)c1c(CN2CCN(Cc3c(C(=O)OCC)c4cc(OC)c(Br)cc4n3-c3ccccc3)CC2)n(-c2ccccc2)c2cc(Br)c(OC)cc12. The molecule has 0 N–H and O–H groups in total. The lowest BCUT2D eigenvalue weighted by atomic mass is 10.1. The molecule has 0 aliphatic carbocycles. The number of ether oxygens (including phenoxy) is 4. The number of aromatic nitrogens is 2. The van der Waals surface area contributed by atoms with Crippen molar-refractivity contribution in [1.82, 2.24) is 18.9 Å². The van der Waals surface area contributed by atoms with Crippen LogP contribution in [0.5, 0.6) is 11.5 Å². The number of hydrogen-bond acceptors (Lipinski definition) is 8. The number of fused-ring (bicyclic) bond motifs is 2. The van der Waals surface area contributed by atoms with E-state index in [4.69, 9.17) is 18.9 Å². The van der Waals surface area contributed by atoms with Crippen LogP contribution >= 0.6 is 31.9 Å². The Morgan fingerprint density at radius 1 is 0.593 bits per heavy atom. The number of rotatable bonds is 12. The lowest BCUT2D eigenvalue weighted by Crippen LogP contribution is -2.46. The van der Waals surface area contributed by atoms with Gasteiger partial charge in [0.05, 0.1) is 69.9 Å². The quantitative estimate of drug-likeness (QED) is 0.113. The van der Waals surface area contributed by atoms with E-state index in [9.17, 15) is 9.59 Å². The van der Waals surface area contributed by atoms with Gasteiger partial charge in [0.15, 0.2) is 0 Å². The Morgan fingerprint density at radius 2 is 0.963 bits per heavy atom. The number of esters is 2. The molecule has 54 heavy (non-hydrogen) atoms. The number of methoxy groups -OCH3 is 2. The maximum Gasteiger partial charge on any atom is 0.340 e. The summed E-state index contributed by atoms with van der Waals surface area (Å²) in [7, 11) is 3.24. The third-order valence-corrected chi connectivity index (χ3v) is 11.1. The zero-order valence-electron chi connectivity index (χ0n) is 30.7. The van der Waals surface area contributed by atoms with E-state index in [-0.39, 0.29) is 25.2 Å². The Labute approximate surface area is 331 Å². The predicted octanol–water partition coefficient (Wildman–Crippen LogP) is 8.79. The van der Waals surface area contributed by atoms with Crippen molar-refractivity contribution < 1.29 is 28.5 Å². The summed E-state index contributed by atoms with van der Waals surface area (Å²) in [6.07, 6.45) is 0. The number of halogens is 2. The molecule has 4 aromatic carbocycles. The summed E-state index contributed by atoms with van der Waals surface area (Å²) in [6, 6.07) is 28.0. The van der Waals surface area contributed by atoms with Gasteiger partial charge in [0.25, 0.3) is 0 Å². The Hall–Kier alpha value is -4.62. The van der Waals surface area contributed by atoms with E-state index in [0.717, 1.165) is 79.7 Å². The molecule has 12 heteroatoms. The third-order valence-electron chi connectivity index (χ3n) is 9.88. The van der Waals surface area contributed by atoms with E-state index < -0.39 is 0 Å². The molecule has 0 amide bonds. The highest BCUT2D eigenvalue weighted by Gasteiger charge is 2.31. The van der Waals surface area contributed by atoms with Gasteiger partial charge in [-0.3, -0.25) is 9.80 Å². The van der Waals surface area contributed by atoms with Gasteiger partial charge >= 0.3 is 11.9 Å². The van der Waals surface area contributed by atoms with Crippen molar-refractivity contribution in [3.63, 3.8) is 0 Å². The zero-order chi connectivity index (χ0) is 37.9. The van der Waals surface area contributed by atoms with Gasteiger partial charge in [-0.05, 0) is 94.2 Å². The van der Waals surface area contributed by atoms with Crippen LogP contribution in [0.3, 0.4) is 0 Å². The first-order valence-corrected chi connectivity index (χ1v) is 19.6. The highest BCUT2D eigenvalue weighted by atomic mass is 79.9. The Morgan fingerprint density at radius 3 is 1.30 bits per heavy atom. The fourth-order valence-corrected chi connectivity index (χ4v) is 8.42. The van der Waals surface area contributed by atoms with Crippen LogP contribution in [0.2, 0.25) is 0 Å². The number of nitrogens with zero attached hydrogens (tertiary/aromatic N) is 4. The molecule has 10 nitrogen and oxygen atoms in total. The second-order valence-corrected chi connectivity index (χ2v) is 14.7. The number of hydrogen-bond donors (Lipinski definition) is 0. The summed E-state index contributed by atoms with van der Waals surface area (Å²) in [5.74, 6) is 0.552. The Kier molecular flexibility index (Phi) is 11.4. The highest BCUT2D eigenvalue weighted by Crippen LogP contribution is 2.40. The average Bonchev–Trinajstić information content (AvgIpc) is 3.66. The predicted molar refractivity (Wildman–Crippen MR) is 218 cm³/mol. The number of carbonyl (C=O) groups excluding carboxylic acids is 2. The van der Waals surface area contributed by atoms with E-state index in [1.165, 1.54) is 0 Å². The monoisotopic (exact) mass is 856 g/mol. The van der Waals surface area contributed by atoms with E-state index in [1.807, 2.05) is 74.5 Å². The first-order valence-electron chi connectivity index (χ1n) is 18.0. The first kappa shape index (κ1) is 37.7. The molecule has 1 aliphatic heterocycles. The van der Waals surface area contributed by atoms with E-state index >= 15 is 0 Å². The van der Waals surface area contributed by atoms with Gasteiger partial charge in [-0.1, -0.05) is 36.4 Å². The molecule has 0 saturated carbocycles. The number of benzene rings is 4. The van der Waals surface area contributed by atoms with Gasteiger partial charge in [-0.25, -0.2) is 9.59 Å². The second kappa shape index (κ2) is 16.4. The molecule has 1 aliphatic rings. The topological polar surface area (TPSA) is 87.4 Å². The zero-order valence-corrected chi connectivity index (χ0v) is 33.9. The summed E-state index contributed by atoms with van der Waals surface area (Å²) < 4.78 is 28.6. The van der Waals surface area contributed by atoms with Gasteiger partial charge in [0, 0.05) is 61.4 Å². The molecular formula is C42H42Br2N4O6.